The van der Waals surface area contributed by atoms with E-state index < -0.39 is 11.8 Å². The maximum absolute atomic E-state index is 13.8. The third-order valence-electron chi connectivity index (χ3n) is 7.66. The second kappa shape index (κ2) is 17.9. The number of hydrogen-bond acceptors (Lipinski definition) is 8. The summed E-state index contributed by atoms with van der Waals surface area (Å²) in [6.45, 7) is 2.69. The smallest absolute Gasteiger partial charge is 0.341 e. The van der Waals surface area contributed by atoms with Crippen molar-refractivity contribution >= 4 is 17.8 Å². The number of hydrogen-bond donors (Lipinski definition) is 0. The maximum atomic E-state index is 13.8. The average molecular weight is 673 g/mol. The first-order chi connectivity index (χ1) is 24.5. The van der Waals surface area contributed by atoms with Crippen LogP contribution in [0, 0.1) is 0 Å². The van der Waals surface area contributed by atoms with Gasteiger partial charge < -0.3 is 28.4 Å². The zero-order valence-electron chi connectivity index (χ0n) is 28.4. The minimum Gasteiger partial charge on any atom is -0.493 e. The summed E-state index contributed by atoms with van der Waals surface area (Å²) in [6.07, 6.45) is 1.42. The van der Waals surface area contributed by atoms with Crippen LogP contribution in [-0.4, -0.2) is 32.6 Å². The van der Waals surface area contributed by atoms with E-state index in [4.69, 9.17) is 28.4 Å². The van der Waals surface area contributed by atoms with Crippen molar-refractivity contribution in [2.24, 2.45) is 0 Å². The molecule has 0 saturated carbocycles. The van der Waals surface area contributed by atoms with Crippen molar-refractivity contribution in [3.63, 3.8) is 0 Å². The number of carbonyl (C=O) groups excluding carboxylic acids is 2. The monoisotopic (exact) mass is 672 g/mol. The molecule has 8 nitrogen and oxygen atoms in total. The van der Waals surface area contributed by atoms with Gasteiger partial charge in [-0.15, -0.1) is 0 Å². The standard InChI is InChI=1S/C42H40O8/c1-4-47-42(44)35(36(43)23-33-20-21-37(38(24-33)45-2)48-27-30-14-8-5-9-15-30)22-34-25-39(46-3)41(50-29-32-18-12-7-13-19-32)40(26-34)49-28-31-16-10-6-11-17-31/h5-22,24-26H,4,23,27-29H2,1-3H3/b35-22-. The zero-order valence-corrected chi connectivity index (χ0v) is 28.4. The second-order valence-corrected chi connectivity index (χ2v) is 11.2. The fraction of sp³-hybridized carbons (Fsp3) is 0.190. The molecule has 0 bridgehead atoms. The van der Waals surface area contributed by atoms with E-state index in [0.717, 1.165) is 16.7 Å². The van der Waals surface area contributed by atoms with Crippen LogP contribution in [0.25, 0.3) is 6.08 Å². The summed E-state index contributed by atoms with van der Waals surface area (Å²) in [5.41, 5.74) is 3.95. The Bertz CT molecular complexity index is 1890. The Morgan fingerprint density at radius 1 is 0.560 bits per heavy atom. The first-order valence-electron chi connectivity index (χ1n) is 16.3. The van der Waals surface area contributed by atoms with Crippen LogP contribution in [0.15, 0.2) is 127 Å². The Labute approximate surface area is 292 Å². The predicted octanol–water partition coefficient (Wildman–Crippen LogP) is 8.20. The lowest BCUT2D eigenvalue weighted by Crippen LogP contribution is -2.18. The van der Waals surface area contributed by atoms with Gasteiger partial charge in [-0.2, -0.15) is 0 Å². The Hall–Kier alpha value is -6.02. The predicted molar refractivity (Wildman–Crippen MR) is 192 cm³/mol. The van der Waals surface area contributed by atoms with Gasteiger partial charge in [-0.1, -0.05) is 97.1 Å². The highest BCUT2D eigenvalue weighted by Gasteiger charge is 2.23. The molecule has 50 heavy (non-hydrogen) atoms. The molecule has 0 radical (unpaired) electrons. The average Bonchev–Trinajstić information content (AvgIpc) is 3.16. The lowest BCUT2D eigenvalue weighted by Gasteiger charge is -2.17. The summed E-state index contributed by atoms with van der Waals surface area (Å²) in [7, 11) is 3.07. The van der Waals surface area contributed by atoms with Gasteiger partial charge in [-0.25, -0.2) is 4.79 Å². The number of carbonyl (C=O) groups is 2. The first kappa shape index (κ1) is 35.3. The largest absolute Gasteiger partial charge is 0.493 e. The molecule has 0 atom stereocenters. The van der Waals surface area contributed by atoms with E-state index in [1.165, 1.54) is 13.2 Å². The van der Waals surface area contributed by atoms with Gasteiger partial charge in [0.2, 0.25) is 5.75 Å². The molecule has 0 fully saturated rings. The number of rotatable bonds is 17. The van der Waals surface area contributed by atoms with Crippen molar-refractivity contribution in [3.8, 4) is 28.7 Å². The van der Waals surface area contributed by atoms with E-state index in [-0.39, 0.29) is 31.8 Å². The van der Waals surface area contributed by atoms with E-state index in [2.05, 4.69) is 0 Å². The third-order valence-corrected chi connectivity index (χ3v) is 7.66. The molecule has 5 aromatic carbocycles. The molecule has 5 aromatic rings. The number of ketones is 1. The third kappa shape index (κ3) is 9.76. The molecule has 0 amide bonds. The number of methoxy groups -OCH3 is 2. The van der Waals surface area contributed by atoms with Crippen LogP contribution < -0.4 is 23.7 Å². The van der Waals surface area contributed by atoms with Crippen molar-refractivity contribution in [1.29, 1.82) is 0 Å². The van der Waals surface area contributed by atoms with Crippen molar-refractivity contribution in [2.45, 2.75) is 33.2 Å². The van der Waals surface area contributed by atoms with Gasteiger partial charge in [0, 0.05) is 6.42 Å². The quantitative estimate of drug-likeness (QED) is 0.0423. The van der Waals surface area contributed by atoms with Gasteiger partial charge in [0.1, 0.15) is 25.4 Å². The molecule has 256 valence electrons. The van der Waals surface area contributed by atoms with E-state index in [1.54, 1.807) is 44.4 Å². The summed E-state index contributed by atoms with van der Waals surface area (Å²) in [6, 6.07) is 37.9. The van der Waals surface area contributed by atoms with Crippen LogP contribution >= 0.6 is 0 Å². The van der Waals surface area contributed by atoms with Gasteiger partial charge in [0.25, 0.3) is 0 Å². The molecule has 0 aliphatic heterocycles. The van der Waals surface area contributed by atoms with Crippen molar-refractivity contribution in [2.75, 3.05) is 20.8 Å². The van der Waals surface area contributed by atoms with Crippen LogP contribution in [0.5, 0.6) is 28.7 Å². The van der Waals surface area contributed by atoms with Gasteiger partial charge in [-0.05, 0) is 65.1 Å². The molecule has 0 aliphatic carbocycles. The summed E-state index contributed by atoms with van der Waals surface area (Å²) in [4.78, 5) is 27.0. The number of esters is 1. The van der Waals surface area contributed by atoms with Crippen LogP contribution in [-0.2, 0) is 40.6 Å². The van der Waals surface area contributed by atoms with Crippen molar-refractivity contribution in [1.82, 2.24) is 0 Å². The van der Waals surface area contributed by atoms with Crippen LogP contribution in [0.3, 0.4) is 0 Å². The molecule has 5 rings (SSSR count). The minimum absolute atomic E-state index is 0.0766. The Morgan fingerprint density at radius 2 is 1.08 bits per heavy atom. The van der Waals surface area contributed by atoms with Crippen LogP contribution in [0.4, 0.5) is 0 Å². The summed E-state index contributed by atoms with van der Waals surface area (Å²) < 4.78 is 35.1. The Kier molecular flexibility index (Phi) is 12.7. The van der Waals surface area contributed by atoms with E-state index in [0.29, 0.717) is 46.5 Å². The molecule has 0 N–H and O–H groups in total. The molecular weight excluding hydrogens is 632 g/mol. The maximum Gasteiger partial charge on any atom is 0.341 e. The summed E-state index contributed by atoms with van der Waals surface area (Å²) >= 11 is 0. The lowest BCUT2D eigenvalue weighted by atomic mass is 10.00. The highest BCUT2D eigenvalue weighted by molar-refractivity contribution is 6.21. The van der Waals surface area contributed by atoms with Gasteiger partial charge >= 0.3 is 5.97 Å². The van der Waals surface area contributed by atoms with E-state index >= 15 is 0 Å². The van der Waals surface area contributed by atoms with Gasteiger partial charge in [0.15, 0.2) is 28.8 Å². The van der Waals surface area contributed by atoms with E-state index in [9.17, 15) is 9.59 Å². The topological polar surface area (TPSA) is 89.5 Å². The van der Waals surface area contributed by atoms with Crippen molar-refractivity contribution < 1.29 is 38.0 Å². The fourth-order valence-corrected chi connectivity index (χ4v) is 5.13. The van der Waals surface area contributed by atoms with Crippen LogP contribution in [0.1, 0.15) is 34.7 Å². The SMILES string of the molecule is CCOC(=O)/C(=C\c1cc(OC)c(OCc2ccccc2)c(OCc2ccccc2)c1)C(=O)Cc1ccc(OCc2ccccc2)c(OC)c1. The molecule has 0 spiro atoms. The second-order valence-electron chi connectivity index (χ2n) is 11.2. The number of Topliss-reactive ketones (excluding diaryl/α,β-unsaturated/α-hetero) is 1. The van der Waals surface area contributed by atoms with Gasteiger partial charge in [0.05, 0.1) is 20.8 Å². The Balaban J connectivity index is 1.43. The zero-order chi connectivity index (χ0) is 35.1. The highest BCUT2D eigenvalue weighted by Crippen LogP contribution is 2.40. The highest BCUT2D eigenvalue weighted by atomic mass is 16.5. The molecule has 0 saturated heterocycles. The molecular formula is C42H40O8. The van der Waals surface area contributed by atoms with Crippen LogP contribution in [0.2, 0.25) is 0 Å². The Morgan fingerprint density at radius 3 is 1.62 bits per heavy atom. The number of benzene rings is 5. The summed E-state index contributed by atoms with van der Waals surface area (Å²) in [5.74, 6) is 1.02. The number of ether oxygens (including phenoxy) is 6. The van der Waals surface area contributed by atoms with Crippen molar-refractivity contribution in [3.05, 3.63) is 155 Å². The molecule has 0 aliphatic rings. The van der Waals surface area contributed by atoms with E-state index in [1.807, 2.05) is 91.0 Å². The fourth-order valence-electron chi connectivity index (χ4n) is 5.13. The lowest BCUT2D eigenvalue weighted by molar-refractivity contribution is -0.139. The minimum atomic E-state index is -0.734. The molecule has 8 heteroatoms. The summed E-state index contributed by atoms with van der Waals surface area (Å²) in [5, 5.41) is 0. The van der Waals surface area contributed by atoms with Gasteiger partial charge in [-0.3, -0.25) is 4.79 Å². The normalized spacial score (nSPS) is 11.0. The molecule has 0 heterocycles. The molecule has 0 aromatic heterocycles. The molecule has 0 unspecified atom stereocenters. The first-order valence-corrected chi connectivity index (χ1v) is 16.3.